The van der Waals surface area contributed by atoms with Crippen LogP contribution in [-0.4, -0.2) is 55.5 Å². The van der Waals surface area contributed by atoms with Crippen LogP contribution in [0.4, 0.5) is 4.79 Å². The third-order valence-corrected chi connectivity index (χ3v) is 3.55. The average Bonchev–Trinajstić information content (AvgIpc) is 2.38. The fraction of sp³-hybridized carbons (Fsp3) is 0.900. The smallest absolute Gasteiger partial charge is 0.410 e. The molecule has 1 aliphatic heterocycles. The summed E-state index contributed by atoms with van der Waals surface area (Å²) >= 11 is 0. The Hall–Kier alpha value is -0.860. The van der Waals surface area contributed by atoms with E-state index in [1.807, 2.05) is 0 Å². The number of ether oxygens (including phenoxy) is 1. The Morgan fingerprint density at radius 3 is 2.28 bits per heavy atom. The van der Waals surface area contributed by atoms with Crippen LogP contribution in [0.2, 0.25) is 0 Å². The Labute approximate surface area is 108 Å². The van der Waals surface area contributed by atoms with Crippen molar-refractivity contribution in [1.82, 2.24) is 9.21 Å². The molecule has 1 rings (SSSR count). The third kappa shape index (κ3) is 4.79. The molecule has 7 nitrogen and oxygen atoms in total. The minimum Gasteiger partial charge on any atom is -0.444 e. The average molecular weight is 279 g/mol. The van der Waals surface area contributed by atoms with Crippen LogP contribution < -0.4 is 5.14 Å². The highest BCUT2D eigenvalue weighted by molar-refractivity contribution is 7.86. The summed E-state index contributed by atoms with van der Waals surface area (Å²) < 4.78 is 28.8. The molecule has 0 saturated carbocycles. The first kappa shape index (κ1) is 15.2. The standard InChI is InChI=1S/C10H21N3O4S/c1-10(2,3)17-9(14)12-5-4-6-13(8-7-12)18(11,15)16/h4-8H2,1-3H3,(H2,11,15,16). The predicted molar refractivity (Wildman–Crippen MR) is 67.1 cm³/mol. The Morgan fingerprint density at radius 1 is 1.17 bits per heavy atom. The maximum Gasteiger partial charge on any atom is 0.410 e. The van der Waals surface area contributed by atoms with E-state index in [1.54, 1.807) is 20.8 Å². The van der Waals surface area contributed by atoms with Crippen LogP contribution in [0, 0.1) is 0 Å². The molecule has 0 aromatic rings. The summed E-state index contributed by atoms with van der Waals surface area (Å²) in [5.41, 5.74) is -0.553. The molecule has 0 atom stereocenters. The number of hydrogen-bond acceptors (Lipinski definition) is 4. The van der Waals surface area contributed by atoms with Crippen LogP contribution in [-0.2, 0) is 14.9 Å². The quantitative estimate of drug-likeness (QED) is 0.738. The van der Waals surface area contributed by atoms with Gasteiger partial charge in [-0.15, -0.1) is 0 Å². The van der Waals surface area contributed by atoms with Gasteiger partial charge in [0.05, 0.1) is 0 Å². The van der Waals surface area contributed by atoms with E-state index in [0.717, 1.165) is 0 Å². The van der Waals surface area contributed by atoms with Crippen molar-refractivity contribution in [2.75, 3.05) is 26.2 Å². The van der Waals surface area contributed by atoms with Gasteiger partial charge in [-0.25, -0.2) is 9.93 Å². The molecule has 0 unspecified atom stereocenters. The highest BCUT2D eigenvalue weighted by Gasteiger charge is 2.27. The molecule has 1 saturated heterocycles. The van der Waals surface area contributed by atoms with Crippen molar-refractivity contribution in [3.8, 4) is 0 Å². The lowest BCUT2D eigenvalue weighted by Gasteiger charge is -2.26. The second-order valence-corrected chi connectivity index (χ2v) is 6.81. The van der Waals surface area contributed by atoms with E-state index in [2.05, 4.69) is 0 Å². The van der Waals surface area contributed by atoms with Gasteiger partial charge in [0.25, 0.3) is 10.2 Å². The zero-order valence-corrected chi connectivity index (χ0v) is 11.9. The van der Waals surface area contributed by atoms with Crippen LogP contribution in [0.25, 0.3) is 0 Å². The van der Waals surface area contributed by atoms with Crippen molar-refractivity contribution in [1.29, 1.82) is 0 Å². The second kappa shape index (κ2) is 5.41. The zero-order chi connectivity index (χ0) is 14.0. The van der Waals surface area contributed by atoms with Crippen LogP contribution in [0.15, 0.2) is 0 Å². The van der Waals surface area contributed by atoms with E-state index in [4.69, 9.17) is 9.88 Å². The second-order valence-electron chi connectivity index (χ2n) is 5.26. The van der Waals surface area contributed by atoms with E-state index < -0.39 is 21.9 Å². The van der Waals surface area contributed by atoms with E-state index in [0.29, 0.717) is 26.1 Å². The molecule has 106 valence electrons. The lowest BCUT2D eigenvalue weighted by atomic mass is 10.2. The summed E-state index contributed by atoms with van der Waals surface area (Å²) in [7, 11) is -3.68. The molecule has 0 aliphatic carbocycles. The van der Waals surface area contributed by atoms with Gasteiger partial charge in [-0.2, -0.15) is 12.7 Å². The summed E-state index contributed by atoms with van der Waals surface area (Å²) in [6.07, 6.45) is 0.133. The normalized spacial score (nSPS) is 19.4. The maximum absolute atomic E-state index is 11.8. The van der Waals surface area contributed by atoms with Crippen molar-refractivity contribution in [2.24, 2.45) is 5.14 Å². The van der Waals surface area contributed by atoms with E-state index in [9.17, 15) is 13.2 Å². The van der Waals surface area contributed by atoms with E-state index >= 15 is 0 Å². The molecule has 0 radical (unpaired) electrons. The molecule has 1 amide bonds. The summed E-state index contributed by atoms with van der Waals surface area (Å²) in [6.45, 7) is 6.68. The fourth-order valence-electron chi connectivity index (χ4n) is 1.66. The van der Waals surface area contributed by atoms with Crippen LogP contribution in [0.1, 0.15) is 27.2 Å². The Bertz CT molecular complexity index is 402. The molecule has 1 fully saturated rings. The van der Waals surface area contributed by atoms with Crippen molar-refractivity contribution in [3.05, 3.63) is 0 Å². The summed E-state index contributed by atoms with van der Waals surface area (Å²) in [4.78, 5) is 13.3. The number of amides is 1. The van der Waals surface area contributed by atoms with Crippen LogP contribution in [0.5, 0.6) is 0 Å². The summed E-state index contributed by atoms with van der Waals surface area (Å²) in [5, 5.41) is 5.07. The van der Waals surface area contributed by atoms with Crippen molar-refractivity contribution >= 4 is 16.3 Å². The fourth-order valence-corrected chi connectivity index (χ4v) is 2.38. The lowest BCUT2D eigenvalue weighted by molar-refractivity contribution is 0.0260. The van der Waals surface area contributed by atoms with Crippen LogP contribution in [0.3, 0.4) is 0 Å². The number of rotatable bonds is 1. The van der Waals surface area contributed by atoms with Crippen molar-refractivity contribution < 1.29 is 17.9 Å². The monoisotopic (exact) mass is 279 g/mol. The Balaban J connectivity index is 2.60. The summed E-state index contributed by atoms with van der Waals surface area (Å²) in [5.74, 6) is 0. The van der Waals surface area contributed by atoms with Crippen molar-refractivity contribution in [3.63, 3.8) is 0 Å². The molecule has 0 bridgehead atoms. The lowest BCUT2D eigenvalue weighted by Crippen LogP contribution is -2.41. The number of carbonyl (C=O) groups is 1. The summed E-state index contributed by atoms with van der Waals surface area (Å²) in [6, 6.07) is 0. The number of nitrogens with zero attached hydrogens (tertiary/aromatic N) is 2. The van der Waals surface area contributed by atoms with Crippen molar-refractivity contribution in [2.45, 2.75) is 32.8 Å². The van der Waals surface area contributed by atoms with E-state index in [-0.39, 0.29) is 6.54 Å². The largest absolute Gasteiger partial charge is 0.444 e. The SMILES string of the molecule is CC(C)(C)OC(=O)N1CCCN(S(N)(=O)=O)CC1. The van der Waals surface area contributed by atoms with Gasteiger partial charge < -0.3 is 9.64 Å². The molecule has 18 heavy (non-hydrogen) atoms. The van der Waals surface area contributed by atoms with Gasteiger partial charge in [0.2, 0.25) is 0 Å². The Morgan fingerprint density at radius 2 is 1.78 bits per heavy atom. The zero-order valence-electron chi connectivity index (χ0n) is 11.0. The molecule has 0 aromatic heterocycles. The highest BCUT2D eigenvalue weighted by Crippen LogP contribution is 2.12. The minimum absolute atomic E-state index is 0.206. The van der Waals surface area contributed by atoms with Crippen LogP contribution >= 0.6 is 0 Å². The molecule has 2 N–H and O–H groups in total. The predicted octanol–water partition coefficient (Wildman–Crippen LogP) is 0.133. The first-order valence-corrected chi connectivity index (χ1v) is 7.36. The van der Waals surface area contributed by atoms with Gasteiger partial charge in [0, 0.05) is 26.2 Å². The molecule has 0 spiro atoms. The molecule has 0 aromatic carbocycles. The molecule has 1 aliphatic rings. The van der Waals surface area contributed by atoms with Gasteiger partial charge >= 0.3 is 6.09 Å². The number of nitrogens with two attached hydrogens (primary N) is 1. The molecule has 1 heterocycles. The third-order valence-electron chi connectivity index (χ3n) is 2.47. The molecule has 8 heteroatoms. The number of carbonyl (C=O) groups excluding carboxylic acids is 1. The van der Waals surface area contributed by atoms with E-state index in [1.165, 1.54) is 9.21 Å². The first-order chi connectivity index (χ1) is 8.09. The Kier molecular flexibility index (Phi) is 4.57. The van der Waals surface area contributed by atoms with Gasteiger partial charge in [-0.1, -0.05) is 0 Å². The van der Waals surface area contributed by atoms with Gasteiger partial charge in [0.15, 0.2) is 0 Å². The molecular weight excluding hydrogens is 258 g/mol. The first-order valence-electron chi connectivity index (χ1n) is 5.85. The molecular formula is C10H21N3O4S. The van der Waals surface area contributed by atoms with Gasteiger partial charge in [-0.3, -0.25) is 0 Å². The van der Waals surface area contributed by atoms with Gasteiger partial charge in [-0.05, 0) is 27.2 Å². The topological polar surface area (TPSA) is 92.9 Å². The maximum atomic E-state index is 11.8. The van der Waals surface area contributed by atoms with Gasteiger partial charge in [0.1, 0.15) is 5.60 Å². The minimum atomic E-state index is -3.68. The highest BCUT2D eigenvalue weighted by atomic mass is 32.2. The number of hydrogen-bond donors (Lipinski definition) is 1.